The summed E-state index contributed by atoms with van der Waals surface area (Å²) in [6, 6.07) is 0. The van der Waals surface area contributed by atoms with Crippen LogP contribution in [0, 0.1) is 0 Å². The average molecular weight is 322 g/mol. The Bertz CT molecular complexity index is 372. The first-order valence-corrected chi connectivity index (χ1v) is 7.61. The van der Waals surface area contributed by atoms with Gasteiger partial charge in [-0.15, -0.1) is 0 Å². The Labute approximate surface area is 122 Å². The van der Waals surface area contributed by atoms with Crippen LogP contribution in [0.4, 0.5) is 0 Å². The molecule has 8 nitrogen and oxygen atoms in total. The molecule has 0 aliphatic heterocycles. The number of ether oxygens (including phenoxy) is 2. The molecule has 0 rings (SSSR count). The molecule has 0 saturated carbocycles. The van der Waals surface area contributed by atoms with Gasteiger partial charge in [-0.1, -0.05) is 13.2 Å². The fourth-order valence-corrected chi connectivity index (χ4v) is 1.77. The Balaban J connectivity index is 3.62. The monoisotopic (exact) mass is 322 g/mol. The van der Waals surface area contributed by atoms with E-state index in [1.807, 2.05) is 0 Å². The van der Waals surface area contributed by atoms with Crippen molar-refractivity contribution >= 4 is 19.8 Å². The molecule has 0 aliphatic carbocycles. The predicted octanol–water partition coefficient (Wildman–Crippen LogP) is 1.36. The van der Waals surface area contributed by atoms with Crippen LogP contribution in [-0.4, -0.2) is 43.3 Å². The molecule has 0 aromatic rings. The lowest BCUT2D eigenvalue weighted by molar-refractivity contribution is -0.138. The van der Waals surface area contributed by atoms with Crippen molar-refractivity contribution in [2.24, 2.45) is 0 Å². The van der Waals surface area contributed by atoms with E-state index >= 15 is 0 Å². The van der Waals surface area contributed by atoms with Crippen LogP contribution >= 0.6 is 7.82 Å². The van der Waals surface area contributed by atoms with Crippen molar-refractivity contribution in [3.63, 3.8) is 0 Å². The SMILES string of the molecule is C=CC(=O)OCCCOP(=O)(O)OCCCOC(=O)C=C. The standard InChI is InChI=1S/C12H19O8P/c1-3-11(13)17-7-5-9-19-21(15,16)20-10-6-8-18-12(14)4-2/h3-4H,1-2,5-10H2,(H,15,16). The largest absolute Gasteiger partial charge is 0.472 e. The van der Waals surface area contributed by atoms with E-state index in [1.54, 1.807) is 0 Å². The summed E-state index contributed by atoms with van der Waals surface area (Å²) in [5.74, 6) is -1.15. The van der Waals surface area contributed by atoms with Gasteiger partial charge in [-0.05, 0) is 0 Å². The Morgan fingerprint density at radius 1 is 0.905 bits per heavy atom. The lowest BCUT2D eigenvalue weighted by Gasteiger charge is -2.12. The van der Waals surface area contributed by atoms with Crippen molar-refractivity contribution < 1.29 is 37.6 Å². The van der Waals surface area contributed by atoms with Crippen LogP contribution in [0.3, 0.4) is 0 Å². The molecule has 0 atom stereocenters. The van der Waals surface area contributed by atoms with Crippen molar-refractivity contribution in [2.45, 2.75) is 12.8 Å². The molecule has 0 amide bonds. The first-order valence-electron chi connectivity index (χ1n) is 6.11. The van der Waals surface area contributed by atoms with Crippen molar-refractivity contribution in [1.29, 1.82) is 0 Å². The van der Waals surface area contributed by atoms with Crippen LogP contribution in [0.5, 0.6) is 0 Å². The highest BCUT2D eigenvalue weighted by Crippen LogP contribution is 2.43. The van der Waals surface area contributed by atoms with E-state index in [0.717, 1.165) is 12.2 Å². The summed E-state index contributed by atoms with van der Waals surface area (Å²) in [5, 5.41) is 0. The summed E-state index contributed by atoms with van der Waals surface area (Å²) in [6.45, 7) is 6.31. The van der Waals surface area contributed by atoms with Gasteiger partial charge < -0.3 is 14.4 Å². The highest BCUT2D eigenvalue weighted by molar-refractivity contribution is 7.47. The van der Waals surface area contributed by atoms with Crippen LogP contribution in [0.15, 0.2) is 25.3 Å². The van der Waals surface area contributed by atoms with Gasteiger partial charge in [-0.25, -0.2) is 14.2 Å². The molecule has 120 valence electrons. The van der Waals surface area contributed by atoms with Gasteiger partial charge >= 0.3 is 19.8 Å². The van der Waals surface area contributed by atoms with E-state index in [2.05, 4.69) is 31.7 Å². The van der Waals surface area contributed by atoms with Crippen LogP contribution in [0.25, 0.3) is 0 Å². The van der Waals surface area contributed by atoms with Gasteiger partial charge in [0.15, 0.2) is 0 Å². The Kier molecular flexibility index (Phi) is 10.4. The lowest BCUT2D eigenvalue weighted by Crippen LogP contribution is -2.07. The number of phosphoric ester groups is 1. The van der Waals surface area contributed by atoms with Gasteiger partial charge in [-0.3, -0.25) is 9.05 Å². The van der Waals surface area contributed by atoms with E-state index in [-0.39, 0.29) is 39.3 Å². The molecule has 0 aliphatic rings. The highest BCUT2D eigenvalue weighted by Gasteiger charge is 2.20. The zero-order chi connectivity index (χ0) is 16.1. The molecular weight excluding hydrogens is 303 g/mol. The average Bonchev–Trinajstić information content (AvgIpc) is 2.45. The zero-order valence-corrected chi connectivity index (χ0v) is 12.5. The summed E-state index contributed by atoms with van der Waals surface area (Å²) in [5.41, 5.74) is 0. The number of hydrogen-bond acceptors (Lipinski definition) is 7. The number of hydrogen-bond donors (Lipinski definition) is 1. The van der Waals surface area contributed by atoms with Crippen molar-refractivity contribution in [2.75, 3.05) is 26.4 Å². The molecule has 0 bridgehead atoms. The van der Waals surface area contributed by atoms with Gasteiger partial charge in [0.05, 0.1) is 26.4 Å². The molecular formula is C12H19O8P. The molecule has 0 unspecified atom stereocenters. The molecule has 0 fully saturated rings. The fourth-order valence-electron chi connectivity index (χ4n) is 0.978. The van der Waals surface area contributed by atoms with Crippen LogP contribution < -0.4 is 0 Å². The molecule has 0 radical (unpaired) electrons. The topological polar surface area (TPSA) is 108 Å². The normalized spacial score (nSPS) is 10.7. The lowest BCUT2D eigenvalue weighted by atomic mass is 10.5. The summed E-state index contributed by atoms with van der Waals surface area (Å²) in [4.78, 5) is 30.7. The number of phosphoric acid groups is 1. The minimum absolute atomic E-state index is 0.0440. The molecule has 1 N–H and O–H groups in total. The number of esters is 2. The van der Waals surface area contributed by atoms with E-state index in [1.165, 1.54) is 0 Å². The van der Waals surface area contributed by atoms with E-state index in [9.17, 15) is 19.0 Å². The number of rotatable bonds is 12. The quantitative estimate of drug-likeness (QED) is 0.248. The second-order valence-electron chi connectivity index (χ2n) is 3.59. The first kappa shape index (κ1) is 19.5. The van der Waals surface area contributed by atoms with Crippen LogP contribution in [0.2, 0.25) is 0 Å². The summed E-state index contributed by atoms with van der Waals surface area (Å²) in [7, 11) is -4.16. The molecule has 0 heterocycles. The third-order valence-electron chi connectivity index (χ3n) is 1.91. The molecule has 0 aromatic heterocycles. The van der Waals surface area contributed by atoms with E-state index in [0.29, 0.717) is 0 Å². The van der Waals surface area contributed by atoms with Gasteiger partial charge in [0.25, 0.3) is 0 Å². The maximum Gasteiger partial charge on any atom is 0.472 e. The smallest absolute Gasteiger partial charge is 0.462 e. The van der Waals surface area contributed by atoms with Gasteiger partial charge in [-0.2, -0.15) is 0 Å². The molecule has 0 spiro atoms. The highest BCUT2D eigenvalue weighted by atomic mass is 31.2. The second kappa shape index (κ2) is 11.2. The fraction of sp³-hybridized carbons (Fsp3) is 0.500. The minimum Gasteiger partial charge on any atom is -0.462 e. The number of carbonyl (C=O) groups is 2. The first-order chi connectivity index (χ1) is 9.91. The maximum absolute atomic E-state index is 11.4. The second-order valence-corrected chi connectivity index (χ2v) is 5.04. The van der Waals surface area contributed by atoms with Crippen molar-refractivity contribution in [3.05, 3.63) is 25.3 Å². The Hall–Kier alpha value is -1.47. The predicted molar refractivity (Wildman–Crippen MR) is 73.3 cm³/mol. The Morgan fingerprint density at radius 2 is 1.29 bits per heavy atom. The van der Waals surface area contributed by atoms with Crippen molar-refractivity contribution in [1.82, 2.24) is 0 Å². The maximum atomic E-state index is 11.4. The van der Waals surface area contributed by atoms with Gasteiger partial charge in [0.2, 0.25) is 0 Å². The summed E-state index contributed by atoms with van der Waals surface area (Å²) < 4.78 is 30.0. The van der Waals surface area contributed by atoms with Crippen molar-refractivity contribution in [3.8, 4) is 0 Å². The zero-order valence-electron chi connectivity index (χ0n) is 11.6. The van der Waals surface area contributed by atoms with Gasteiger partial charge in [0, 0.05) is 25.0 Å². The Morgan fingerprint density at radius 3 is 1.62 bits per heavy atom. The van der Waals surface area contributed by atoms with E-state index < -0.39 is 19.8 Å². The third kappa shape index (κ3) is 12.0. The van der Waals surface area contributed by atoms with Gasteiger partial charge in [0.1, 0.15) is 0 Å². The molecule has 0 saturated heterocycles. The third-order valence-corrected chi connectivity index (χ3v) is 2.93. The van der Waals surface area contributed by atoms with Crippen LogP contribution in [0.1, 0.15) is 12.8 Å². The number of carbonyl (C=O) groups excluding carboxylic acids is 2. The van der Waals surface area contributed by atoms with E-state index in [4.69, 9.17) is 0 Å². The molecule has 0 aromatic carbocycles. The molecule has 21 heavy (non-hydrogen) atoms. The summed E-state index contributed by atoms with van der Waals surface area (Å²) >= 11 is 0. The minimum atomic E-state index is -4.16. The molecule has 9 heteroatoms. The van der Waals surface area contributed by atoms with Crippen LogP contribution in [-0.2, 0) is 32.7 Å². The summed E-state index contributed by atoms with van der Waals surface area (Å²) in [6.07, 6.45) is 2.51.